The topological polar surface area (TPSA) is 105 Å². The van der Waals surface area contributed by atoms with Crippen molar-refractivity contribution >= 4 is 43.8 Å². The number of likely N-dealkylation sites (N-methyl/N-ethyl adjacent to an activating group) is 1. The first-order valence-electron chi connectivity index (χ1n) is 6.90. The van der Waals surface area contributed by atoms with Crippen molar-refractivity contribution in [1.29, 1.82) is 0 Å². The summed E-state index contributed by atoms with van der Waals surface area (Å²) in [7, 11) is -2.08. The van der Waals surface area contributed by atoms with Gasteiger partial charge in [-0.15, -0.1) is 0 Å². The van der Waals surface area contributed by atoms with Crippen LogP contribution in [-0.4, -0.2) is 36.8 Å². The molecular formula is C13H13ClN4O4S2. The van der Waals surface area contributed by atoms with Crippen LogP contribution in [0.15, 0.2) is 23.1 Å². The molecule has 1 aliphatic heterocycles. The molecule has 1 aliphatic rings. The fourth-order valence-electron chi connectivity index (χ4n) is 2.35. The van der Waals surface area contributed by atoms with Crippen LogP contribution < -0.4 is 4.72 Å². The fraction of sp³-hybridized carbons (Fsp3) is 0.308. The minimum atomic E-state index is -4.07. The van der Waals surface area contributed by atoms with E-state index >= 15 is 0 Å². The summed E-state index contributed by atoms with van der Waals surface area (Å²) < 4.78 is 27.4. The molecule has 2 heterocycles. The highest BCUT2D eigenvalue weighted by molar-refractivity contribution is 7.93. The standard InChI is InChI=1S/C13H13ClN4O4S2/c1-17-5-4-10-11(7-17)23-13(15-10)16-24(21,22)12-6-8(18(19)20)2-3-9(12)14/h2-3,6H,4-5,7H2,1H3,(H,15,16). The van der Waals surface area contributed by atoms with E-state index < -0.39 is 14.9 Å². The number of nitro groups is 1. The predicted octanol–water partition coefficient (Wildman–Crippen LogP) is 2.49. The molecule has 0 saturated carbocycles. The third kappa shape index (κ3) is 3.36. The van der Waals surface area contributed by atoms with Gasteiger partial charge in [0.15, 0.2) is 5.13 Å². The molecule has 1 aromatic heterocycles. The molecule has 0 aliphatic carbocycles. The summed E-state index contributed by atoms with van der Waals surface area (Å²) in [4.78, 5) is 17.3. The zero-order chi connectivity index (χ0) is 17.5. The number of sulfonamides is 1. The van der Waals surface area contributed by atoms with Gasteiger partial charge < -0.3 is 4.90 Å². The van der Waals surface area contributed by atoms with Crippen molar-refractivity contribution in [3.8, 4) is 0 Å². The van der Waals surface area contributed by atoms with Crippen molar-refractivity contribution in [2.75, 3.05) is 18.3 Å². The number of benzene rings is 1. The predicted molar refractivity (Wildman–Crippen MR) is 91.1 cm³/mol. The lowest BCUT2D eigenvalue weighted by Gasteiger charge is -2.20. The van der Waals surface area contributed by atoms with Crippen LogP contribution in [0.25, 0.3) is 0 Å². The Kier molecular flexibility index (Phi) is 4.47. The molecule has 11 heteroatoms. The van der Waals surface area contributed by atoms with Crippen LogP contribution in [-0.2, 0) is 23.0 Å². The molecule has 0 amide bonds. The zero-order valence-corrected chi connectivity index (χ0v) is 14.9. The molecule has 24 heavy (non-hydrogen) atoms. The van der Waals surface area contributed by atoms with Crippen molar-refractivity contribution in [3.05, 3.63) is 43.9 Å². The highest BCUT2D eigenvalue weighted by atomic mass is 35.5. The number of anilines is 1. The van der Waals surface area contributed by atoms with Gasteiger partial charge in [0.1, 0.15) is 4.90 Å². The van der Waals surface area contributed by atoms with E-state index in [4.69, 9.17) is 11.6 Å². The monoisotopic (exact) mass is 388 g/mol. The van der Waals surface area contributed by atoms with Gasteiger partial charge in [-0.05, 0) is 13.1 Å². The van der Waals surface area contributed by atoms with Crippen LogP contribution in [0.1, 0.15) is 10.6 Å². The number of aromatic nitrogens is 1. The van der Waals surface area contributed by atoms with E-state index in [1.165, 1.54) is 17.4 Å². The maximum Gasteiger partial charge on any atom is 0.270 e. The summed E-state index contributed by atoms with van der Waals surface area (Å²) in [6.07, 6.45) is 0.752. The Morgan fingerprint density at radius 2 is 2.21 bits per heavy atom. The van der Waals surface area contributed by atoms with Gasteiger partial charge in [0.25, 0.3) is 15.7 Å². The number of non-ortho nitro benzene ring substituents is 1. The van der Waals surface area contributed by atoms with Crippen molar-refractivity contribution < 1.29 is 13.3 Å². The van der Waals surface area contributed by atoms with Gasteiger partial charge in [-0.25, -0.2) is 13.4 Å². The number of hydrogen-bond acceptors (Lipinski definition) is 7. The number of nitro benzene ring substituents is 1. The van der Waals surface area contributed by atoms with E-state index in [2.05, 4.69) is 14.6 Å². The van der Waals surface area contributed by atoms with Crippen LogP contribution in [0.3, 0.4) is 0 Å². The molecule has 0 atom stereocenters. The lowest BCUT2D eigenvalue weighted by atomic mass is 10.2. The van der Waals surface area contributed by atoms with Crippen LogP contribution in [0.2, 0.25) is 5.02 Å². The van der Waals surface area contributed by atoms with Gasteiger partial charge in [0.05, 0.1) is 15.6 Å². The third-order valence-electron chi connectivity index (χ3n) is 3.56. The Hall–Kier alpha value is -1.75. The van der Waals surface area contributed by atoms with Crippen molar-refractivity contribution in [3.63, 3.8) is 0 Å². The second kappa shape index (κ2) is 6.28. The maximum atomic E-state index is 12.5. The van der Waals surface area contributed by atoms with E-state index in [-0.39, 0.29) is 20.7 Å². The van der Waals surface area contributed by atoms with Crippen molar-refractivity contribution in [2.24, 2.45) is 0 Å². The highest BCUT2D eigenvalue weighted by Crippen LogP contribution is 2.31. The molecule has 128 valence electrons. The average Bonchev–Trinajstić information content (AvgIpc) is 2.87. The number of rotatable bonds is 4. The number of thiazole rings is 1. The third-order valence-corrected chi connectivity index (χ3v) is 6.51. The summed E-state index contributed by atoms with van der Waals surface area (Å²) in [5.74, 6) is 0. The van der Waals surface area contributed by atoms with Crippen molar-refractivity contribution in [1.82, 2.24) is 9.88 Å². The van der Waals surface area contributed by atoms with Gasteiger partial charge >= 0.3 is 0 Å². The van der Waals surface area contributed by atoms with Gasteiger partial charge in [-0.1, -0.05) is 22.9 Å². The zero-order valence-electron chi connectivity index (χ0n) is 12.5. The van der Waals surface area contributed by atoms with E-state index in [1.807, 2.05) is 7.05 Å². The summed E-state index contributed by atoms with van der Waals surface area (Å²) >= 11 is 7.16. The van der Waals surface area contributed by atoms with E-state index in [0.717, 1.165) is 35.7 Å². The molecule has 1 aromatic carbocycles. The minimum absolute atomic E-state index is 0.0887. The molecule has 8 nitrogen and oxygen atoms in total. The molecule has 0 bridgehead atoms. The number of nitrogens with zero attached hydrogens (tertiary/aromatic N) is 3. The van der Waals surface area contributed by atoms with E-state index in [0.29, 0.717) is 6.54 Å². The maximum absolute atomic E-state index is 12.5. The normalized spacial score (nSPS) is 15.1. The van der Waals surface area contributed by atoms with Gasteiger partial charge in [0.2, 0.25) is 0 Å². The Balaban J connectivity index is 1.92. The quantitative estimate of drug-likeness (QED) is 0.637. The number of nitrogens with one attached hydrogen (secondary N) is 1. The van der Waals surface area contributed by atoms with Crippen LogP contribution in [0, 0.1) is 10.1 Å². The summed E-state index contributed by atoms with van der Waals surface area (Å²) in [6, 6.07) is 3.28. The second-order valence-electron chi connectivity index (χ2n) is 5.35. The molecule has 0 radical (unpaired) electrons. The molecule has 0 unspecified atom stereocenters. The molecule has 3 rings (SSSR count). The van der Waals surface area contributed by atoms with E-state index in [1.54, 1.807) is 0 Å². The Morgan fingerprint density at radius 3 is 2.92 bits per heavy atom. The van der Waals surface area contributed by atoms with Gasteiger partial charge in [-0.2, -0.15) is 0 Å². The highest BCUT2D eigenvalue weighted by Gasteiger charge is 2.25. The Labute approximate surface area is 147 Å². The number of hydrogen-bond donors (Lipinski definition) is 1. The lowest BCUT2D eigenvalue weighted by molar-refractivity contribution is -0.385. The SMILES string of the molecule is CN1CCc2nc(NS(=O)(=O)c3cc([N+](=O)[O-])ccc3Cl)sc2C1. The summed E-state index contributed by atoms with van der Waals surface area (Å²) in [5, 5.41) is 11.0. The smallest absolute Gasteiger partial charge is 0.270 e. The van der Waals surface area contributed by atoms with Gasteiger partial charge in [-0.3, -0.25) is 14.8 Å². The molecule has 0 fully saturated rings. The molecular weight excluding hydrogens is 376 g/mol. The van der Waals surface area contributed by atoms with Crippen LogP contribution >= 0.6 is 22.9 Å². The van der Waals surface area contributed by atoms with Crippen molar-refractivity contribution in [2.45, 2.75) is 17.9 Å². The van der Waals surface area contributed by atoms with Crippen LogP contribution in [0.4, 0.5) is 10.8 Å². The summed E-state index contributed by atoms with van der Waals surface area (Å²) in [6.45, 7) is 1.58. The fourth-order valence-corrected chi connectivity index (χ4v) is 5.19. The van der Waals surface area contributed by atoms with E-state index in [9.17, 15) is 18.5 Å². The average molecular weight is 389 g/mol. The Bertz CT molecular complexity index is 913. The second-order valence-corrected chi connectivity index (χ2v) is 8.50. The molecule has 1 N–H and O–H groups in total. The van der Waals surface area contributed by atoms with Crippen LogP contribution in [0.5, 0.6) is 0 Å². The molecule has 0 saturated heterocycles. The minimum Gasteiger partial charge on any atom is -0.301 e. The number of halogens is 1. The first kappa shape index (κ1) is 17.1. The lowest BCUT2D eigenvalue weighted by Crippen LogP contribution is -2.25. The molecule has 0 spiro atoms. The van der Waals surface area contributed by atoms with Gasteiger partial charge in [0, 0.05) is 36.5 Å². The first-order valence-corrected chi connectivity index (χ1v) is 9.58. The Morgan fingerprint density at radius 1 is 1.46 bits per heavy atom. The largest absolute Gasteiger partial charge is 0.301 e. The molecule has 2 aromatic rings. The number of fused-ring (bicyclic) bond motifs is 1. The first-order chi connectivity index (χ1) is 11.3. The summed E-state index contributed by atoms with van der Waals surface area (Å²) in [5.41, 5.74) is 0.528.